The molecule has 0 fully saturated rings. The van der Waals surface area contributed by atoms with Crippen molar-refractivity contribution in [2.45, 2.75) is 19.1 Å². The van der Waals surface area contributed by atoms with Crippen LogP contribution in [0.15, 0.2) is 47.6 Å². The lowest BCUT2D eigenvalue weighted by molar-refractivity contribution is -0.498. The number of oxime groups is 1. The Morgan fingerprint density at radius 3 is 2.46 bits per heavy atom. The predicted molar refractivity (Wildman–Crippen MR) is 87.7 cm³/mol. The molecule has 0 radical (unpaired) electrons. The summed E-state index contributed by atoms with van der Waals surface area (Å²) in [5.74, 6) is -0.0474. The number of nitrogens with zero attached hydrogens (tertiary/aromatic N) is 2. The highest BCUT2D eigenvalue weighted by Gasteiger charge is 2.31. The summed E-state index contributed by atoms with van der Waals surface area (Å²) in [6.45, 7) is 1.22. The topological polar surface area (TPSA) is 85.0 Å². The number of ether oxygens (including phenoxy) is 1. The molecule has 0 aliphatic rings. The van der Waals surface area contributed by atoms with Gasteiger partial charge >= 0.3 is 6.18 Å². The maximum absolute atomic E-state index is 12.7. The standard InChI is InChI=1S/C16H12ClF3N2O4/c1-9(22(24)25)15(21-23)11-4-2-3-5-13(11)26-14-7-6-10(8-12(14)17)16(18,19)20/h2-9,23H,1H3/b21-15+. The second-order valence-electron chi connectivity index (χ2n) is 5.19. The van der Waals surface area contributed by atoms with Gasteiger partial charge < -0.3 is 9.94 Å². The van der Waals surface area contributed by atoms with Gasteiger partial charge in [-0.25, -0.2) is 0 Å². The summed E-state index contributed by atoms with van der Waals surface area (Å²) in [6.07, 6.45) is -4.56. The van der Waals surface area contributed by atoms with Crippen molar-refractivity contribution >= 4 is 17.3 Å². The van der Waals surface area contributed by atoms with E-state index in [1.54, 1.807) is 6.07 Å². The quantitative estimate of drug-likeness (QED) is 0.338. The average Bonchev–Trinajstić information content (AvgIpc) is 2.57. The van der Waals surface area contributed by atoms with Gasteiger partial charge in [0.2, 0.25) is 0 Å². The first kappa shape index (κ1) is 19.5. The van der Waals surface area contributed by atoms with Gasteiger partial charge in [-0.05, 0) is 30.3 Å². The number of halogens is 4. The normalized spacial score (nSPS) is 13.3. The first-order valence-corrected chi connectivity index (χ1v) is 7.52. The third-order valence-corrected chi connectivity index (χ3v) is 3.76. The first-order chi connectivity index (χ1) is 12.1. The lowest BCUT2D eigenvalue weighted by Gasteiger charge is -2.14. The smallest absolute Gasteiger partial charge is 0.416 e. The second-order valence-corrected chi connectivity index (χ2v) is 5.59. The van der Waals surface area contributed by atoms with Gasteiger partial charge in [0, 0.05) is 17.4 Å². The van der Waals surface area contributed by atoms with Gasteiger partial charge in [-0.15, -0.1) is 0 Å². The van der Waals surface area contributed by atoms with Crippen molar-refractivity contribution in [3.8, 4) is 11.5 Å². The zero-order valence-corrected chi connectivity index (χ0v) is 14.0. The summed E-state index contributed by atoms with van der Waals surface area (Å²) in [5, 5.41) is 22.8. The summed E-state index contributed by atoms with van der Waals surface area (Å²) in [6, 6.07) is 7.12. The number of benzene rings is 2. The molecule has 138 valence electrons. The molecule has 2 aromatic rings. The van der Waals surface area contributed by atoms with Crippen LogP contribution in [0, 0.1) is 10.1 Å². The highest BCUT2D eigenvalue weighted by atomic mass is 35.5. The summed E-state index contributed by atoms with van der Waals surface area (Å²) >= 11 is 5.85. The van der Waals surface area contributed by atoms with Gasteiger partial charge in [-0.3, -0.25) is 10.1 Å². The third kappa shape index (κ3) is 4.23. The van der Waals surface area contributed by atoms with E-state index in [1.165, 1.54) is 25.1 Å². The summed E-state index contributed by atoms with van der Waals surface area (Å²) < 4.78 is 43.6. The molecule has 0 heterocycles. The molecule has 2 aromatic carbocycles. The zero-order valence-electron chi connectivity index (χ0n) is 13.2. The molecule has 1 unspecified atom stereocenters. The minimum atomic E-state index is -4.56. The molecule has 0 aliphatic heterocycles. The van der Waals surface area contributed by atoms with E-state index in [4.69, 9.17) is 21.5 Å². The van der Waals surface area contributed by atoms with E-state index in [1.807, 2.05) is 0 Å². The molecule has 2 rings (SSSR count). The third-order valence-electron chi connectivity index (χ3n) is 3.46. The van der Waals surface area contributed by atoms with E-state index in [2.05, 4.69) is 5.16 Å². The maximum Gasteiger partial charge on any atom is 0.416 e. The van der Waals surface area contributed by atoms with E-state index < -0.39 is 22.7 Å². The van der Waals surface area contributed by atoms with Crippen LogP contribution in [0.25, 0.3) is 0 Å². The molecule has 0 amide bonds. The SMILES string of the molecule is CC(/C(=N\O)c1ccccc1Oc1ccc(C(F)(F)F)cc1Cl)[N+](=O)[O-]. The Morgan fingerprint density at radius 1 is 1.27 bits per heavy atom. The van der Waals surface area contributed by atoms with Crippen LogP contribution in [-0.4, -0.2) is 21.9 Å². The van der Waals surface area contributed by atoms with Gasteiger partial charge in [0.25, 0.3) is 6.04 Å². The van der Waals surface area contributed by atoms with E-state index >= 15 is 0 Å². The minimum Gasteiger partial charge on any atom is -0.455 e. The molecular formula is C16H12ClF3N2O4. The zero-order chi connectivity index (χ0) is 19.5. The monoisotopic (exact) mass is 388 g/mol. The number of hydrogen-bond acceptors (Lipinski definition) is 5. The van der Waals surface area contributed by atoms with Gasteiger partial charge in [0.1, 0.15) is 11.5 Å². The number of rotatable bonds is 5. The molecule has 6 nitrogen and oxygen atoms in total. The van der Waals surface area contributed by atoms with Crippen LogP contribution in [0.5, 0.6) is 11.5 Å². The Kier molecular flexibility index (Phi) is 5.71. The molecule has 0 bridgehead atoms. The lowest BCUT2D eigenvalue weighted by Crippen LogP contribution is -2.27. The van der Waals surface area contributed by atoms with Gasteiger partial charge in [-0.1, -0.05) is 28.9 Å². The van der Waals surface area contributed by atoms with Crippen molar-refractivity contribution in [2.24, 2.45) is 5.16 Å². The molecule has 10 heteroatoms. The van der Waals surface area contributed by atoms with Gasteiger partial charge in [0.15, 0.2) is 5.71 Å². The lowest BCUT2D eigenvalue weighted by atomic mass is 10.0. The molecule has 0 saturated heterocycles. The van der Waals surface area contributed by atoms with Crippen molar-refractivity contribution in [3.05, 3.63) is 68.7 Å². The summed E-state index contributed by atoms with van der Waals surface area (Å²) in [5.41, 5.74) is -1.11. The fourth-order valence-electron chi connectivity index (χ4n) is 2.11. The van der Waals surface area contributed by atoms with Crippen LogP contribution in [0.1, 0.15) is 18.1 Å². The van der Waals surface area contributed by atoms with Gasteiger partial charge in [0.05, 0.1) is 10.6 Å². The van der Waals surface area contributed by atoms with Gasteiger partial charge in [-0.2, -0.15) is 13.2 Å². The molecule has 1 N–H and O–H groups in total. The van der Waals surface area contributed by atoms with Crippen LogP contribution in [0.4, 0.5) is 13.2 Å². The van der Waals surface area contributed by atoms with Crippen molar-refractivity contribution in [3.63, 3.8) is 0 Å². The number of para-hydroxylation sites is 1. The van der Waals surface area contributed by atoms with Crippen molar-refractivity contribution in [2.75, 3.05) is 0 Å². The molecule has 26 heavy (non-hydrogen) atoms. The minimum absolute atomic E-state index is 0.0376. The molecule has 0 aromatic heterocycles. The van der Waals surface area contributed by atoms with Crippen molar-refractivity contribution in [1.29, 1.82) is 0 Å². The van der Waals surface area contributed by atoms with E-state index in [0.717, 1.165) is 12.1 Å². The highest BCUT2D eigenvalue weighted by Crippen LogP contribution is 2.37. The Morgan fingerprint density at radius 2 is 1.92 bits per heavy atom. The van der Waals surface area contributed by atoms with Crippen LogP contribution in [-0.2, 0) is 6.18 Å². The molecule has 0 spiro atoms. The predicted octanol–water partition coefficient (Wildman–Crippen LogP) is 4.99. The fourth-order valence-corrected chi connectivity index (χ4v) is 2.33. The summed E-state index contributed by atoms with van der Waals surface area (Å²) in [4.78, 5) is 10.3. The highest BCUT2D eigenvalue weighted by molar-refractivity contribution is 6.32. The molecule has 0 aliphatic carbocycles. The summed E-state index contributed by atoms with van der Waals surface area (Å²) in [7, 11) is 0. The van der Waals surface area contributed by atoms with E-state index in [0.29, 0.717) is 6.07 Å². The number of alkyl halides is 3. The Bertz CT molecular complexity index is 856. The van der Waals surface area contributed by atoms with E-state index in [9.17, 15) is 23.3 Å². The Hall–Kier alpha value is -2.81. The molecule has 0 saturated carbocycles. The fraction of sp³-hybridized carbons (Fsp3) is 0.188. The largest absolute Gasteiger partial charge is 0.455 e. The van der Waals surface area contributed by atoms with Crippen molar-refractivity contribution in [1.82, 2.24) is 0 Å². The Balaban J connectivity index is 2.42. The van der Waals surface area contributed by atoms with Crippen LogP contribution >= 0.6 is 11.6 Å². The molecule has 1 atom stereocenters. The number of nitro groups is 1. The molecular weight excluding hydrogens is 377 g/mol. The first-order valence-electron chi connectivity index (χ1n) is 7.14. The number of hydrogen-bond donors (Lipinski definition) is 1. The van der Waals surface area contributed by atoms with Crippen molar-refractivity contribution < 1.29 is 28.0 Å². The van der Waals surface area contributed by atoms with Crippen LogP contribution in [0.3, 0.4) is 0 Å². The second kappa shape index (κ2) is 7.61. The Labute approximate surface area is 150 Å². The van der Waals surface area contributed by atoms with E-state index in [-0.39, 0.29) is 27.8 Å². The van der Waals surface area contributed by atoms with Crippen LogP contribution < -0.4 is 4.74 Å². The van der Waals surface area contributed by atoms with Crippen LogP contribution in [0.2, 0.25) is 5.02 Å². The average molecular weight is 389 g/mol. The maximum atomic E-state index is 12.7.